The molecule has 0 aliphatic carbocycles. The summed E-state index contributed by atoms with van der Waals surface area (Å²) in [6, 6.07) is 0. The van der Waals surface area contributed by atoms with Gasteiger partial charge in [0, 0.05) is 26.4 Å². The highest BCUT2D eigenvalue weighted by atomic mass is 28.4. The fraction of sp³-hybridized carbons (Fsp3) is 1.00. The summed E-state index contributed by atoms with van der Waals surface area (Å²) in [4.78, 5) is 8.01. The molecule has 0 radical (unpaired) electrons. The zero-order valence-electron chi connectivity index (χ0n) is 16.0. The molecule has 0 unspecified atom stereocenters. The van der Waals surface area contributed by atoms with Crippen LogP contribution in [0.5, 0.6) is 0 Å². The van der Waals surface area contributed by atoms with Crippen LogP contribution in [0.25, 0.3) is 0 Å². The molecule has 0 aromatic carbocycles. The summed E-state index contributed by atoms with van der Waals surface area (Å²) in [6.07, 6.45) is 4.55. The van der Waals surface area contributed by atoms with E-state index in [0.29, 0.717) is 33.0 Å². The van der Waals surface area contributed by atoms with Crippen LogP contribution in [0, 0.1) is 0 Å². The maximum absolute atomic E-state index is 9.72. The van der Waals surface area contributed by atoms with Crippen molar-refractivity contribution >= 4 is 18.2 Å². The molecule has 0 spiro atoms. The van der Waals surface area contributed by atoms with E-state index >= 15 is 0 Å². The molecule has 24 heavy (non-hydrogen) atoms. The molecule has 0 bridgehead atoms. The van der Waals surface area contributed by atoms with Crippen molar-refractivity contribution in [3.63, 3.8) is 0 Å². The third kappa shape index (κ3) is 16.5. The summed E-state index contributed by atoms with van der Waals surface area (Å²) < 4.78 is 37.0. The van der Waals surface area contributed by atoms with Gasteiger partial charge in [-0.15, -0.1) is 0 Å². The highest BCUT2D eigenvalue weighted by Gasteiger charge is 2.45. The Morgan fingerprint density at radius 2 is 0.958 bits per heavy atom. The van der Waals surface area contributed by atoms with E-state index in [9.17, 15) is 4.46 Å². The first-order valence-electron chi connectivity index (χ1n) is 8.93. The summed E-state index contributed by atoms with van der Waals surface area (Å²) >= 11 is 0. The van der Waals surface area contributed by atoms with Crippen LogP contribution >= 0.6 is 0 Å². The zero-order chi connectivity index (χ0) is 18.7. The monoisotopic (exact) mass is 384 g/mol. The molecule has 0 aliphatic heterocycles. The van der Waals surface area contributed by atoms with Crippen molar-refractivity contribution in [2.24, 2.45) is 0 Å². The highest BCUT2D eigenvalue weighted by molar-refractivity contribution is 6.53. The maximum Gasteiger partial charge on any atom is 0.764 e. The highest BCUT2D eigenvalue weighted by Crippen LogP contribution is 2.14. The van der Waals surface area contributed by atoms with E-state index in [1.807, 2.05) is 6.92 Å². The number of rotatable bonds is 15. The lowest BCUT2D eigenvalue weighted by molar-refractivity contribution is -0.0347. The lowest BCUT2D eigenvalue weighted by atomic mass is 10.5. The lowest BCUT2D eigenvalue weighted by Gasteiger charge is -2.27. The van der Waals surface area contributed by atoms with Crippen molar-refractivity contribution in [2.75, 3.05) is 33.0 Å². The van der Waals surface area contributed by atoms with Crippen molar-refractivity contribution in [1.29, 1.82) is 0 Å². The first-order chi connectivity index (χ1) is 11.5. The van der Waals surface area contributed by atoms with Gasteiger partial charge in [0.15, 0.2) is 0 Å². The lowest BCUT2D eigenvalue weighted by Crippen LogP contribution is -2.50. The van der Waals surface area contributed by atoms with Gasteiger partial charge in [0.1, 0.15) is 0 Å². The average Bonchev–Trinajstić information content (AvgIpc) is 2.59. The molecule has 0 saturated heterocycles. The standard InChI is InChI=1S/C12H28O4Si.C3H8O3Si/c1-5-9-13-17(14-10-6-2,15-11-7-3)16-12-8-4;1-2-3-6-7(4)5/h5-12H2,1-4H3;4H,2-3H2,1H3. The molecule has 0 heterocycles. The summed E-state index contributed by atoms with van der Waals surface area (Å²) in [7, 11) is -5.53. The zero-order valence-corrected chi connectivity index (χ0v) is 18.0. The van der Waals surface area contributed by atoms with Crippen LogP contribution in [0.3, 0.4) is 0 Å². The number of hydrogen-bond acceptors (Lipinski definition) is 6. The van der Waals surface area contributed by atoms with E-state index in [4.69, 9.17) is 22.5 Å². The van der Waals surface area contributed by atoms with E-state index < -0.39 is 18.2 Å². The fourth-order valence-corrected chi connectivity index (χ4v) is 4.04. The van der Waals surface area contributed by atoms with Crippen LogP contribution in [0.4, 0.5) is 0 Å². The molecule has 0 atom stereocenters. The molecule has 0 saturated carbocycles. The van der Waals surface area contributed by atoms with Crippen LogP contribution in [0.2, 0.25) is 0 Å². The third-order valence-electron chi connectivity index (χ3n) is 2.36. The van der Waals surface area contributed by atoms with Crippen LogP contribution in [0.1, 0.15) is 66.7 Å². The van der Waals surface area contributed by atoms with Gasteiger partial charge in [-0.05, 0) is 32.1 Å². The van der Waals surface area contributed by atoms with E-state index in [1.54, 1.807) is 0 Å². The van der Waals surface area contributed by atoms with Gasteiger partial charge in [0.05, 0.1) is 6.61 Å². The summed E-state index contributed by atoms with van der Waals surface area (Å²) in [5.41, 5.74) is 0. The van der Waals surface area contributed by atoms with Gasteiger partial charge in [-0.25, -0.2) is 0 Å². The largest absolute Gasteiger partial charge is 0.764 e. The fourth-order valence-electron chi connectivity index (χ4n) is 1.35. The van der Waals surface area contributed by atoms with Gasteiger partial charge in [-0.3, -0.25) is 4.46 Å². The second-order valence-corrected chi connectivity index (χ2v) is 7.98. The normalized spacial score (nSPS) is 10.9. The van der Waals surface area contributed by atoms with Crippen molar-refractivity contribution in [3.8, 4) is 0 Å². The predicted octanol–water partition coefficient (Wildman–Crippen LogP) is 2.95. The van der Waals surface area contributed by atoms with E-state index in [2.05, 4.69) is 32.1 Å². The van der Waals surface area contributed by atoms with Gasteiger partial charge < -0.3 is 26.9 Å². The molecule has 0 amide bonds. The summed E-state index contributed by atoms with van der Waals surface area (Å²) in [5, 5.41) is 0. The molecule has 146 valence electrons. The molecule has 0 aromatic heterocycles. The smallest absolute Gasteiger partial charge is 0.511 e. The van der Waals surface area contributed by atoms with Crippen molar-refractivity contribution in [1.82, 2.24) is 0 Å². The third-order valence-corrected chi connectivity index (χ3v) is 5.04. The van der Waals surface area contributed by atoms with Gasteiger partial charge >= 0.3 is 18.2 Å². The second kappa shape index (κ2) is 19.0. The van der Waals surface area contributed by atoms with Crippen molar-refractivity contribution < 1.29 is 31.4 Å². The Labute approximate surface area is 150 Å². The molecule has 7 nitrogen and oxygen atoms in total. The minimum Gasteiger partial charge on any atom is -0.511 e. The molecular formula is C15H36O7Si2. The van der Waals surface area contributed by atoms with Gasteiger partial charge in [0.25, 0.3) is 0 Å². The van der Waals surface area contributed by atoms with Crippen LogP contribution < -0.4 is 0 Å². The van der Waals surface area contributed by atoms with E-state index in [0.717, 1.165) is 32.1 Å². The van der Waals surface area contributed by atoms with Gasteiger partial charge in [-0.1, -0.05) is 34.6 Å². The van der Waals surface area contributed by atoms with E-state index in [-0.39, 0.29) is 0 Å². The molecule has 0 fully saturated rings. The topological polar surface area (TPSA) is 83.5 Å². The Morgan fingerprint density at radius 3 is 1.12 bits per heavy atom. The van der Waals surface area contributed by atoms with Crippen molar-refractivity contribution in [3.05, 3.63) is 0 Å². The molecular weight excluding hydrogens is 348 g/mol. The maximum atomic E-state index is 9.72. The minimum atomic E-state index is -2.88. The van der Waals surface area contributed by atoms with Crippen LogP contribution in [0.15, 0.2) is 0 Å². The van der Waals surface area contributed by atoms with Gasteiger partial charge in [0.2, 0.25) is 0 Å². The Morgan fingerprint density at radius 1 is 0.667 bits per heavy atom. The SMILES string of the molecule is CCCO[Si](=O)O.CCCO[Si](OCCC)(OCCC)OCCC. The molecule has 1 N–H and O–H groups in total. The molecule has 0 aromatic rings. The molecule has 9 heteroatoms. The Hall–Kier alpha value is -0.326. The van der Waals surface area contributed by atoms with Crippen LogP contribution in [-0.4, -0.2) is 56.0 Å². The van der Waals surface area contributed by atoms with Crippen molar-refractivity contribution in [2.45, 2.75) is 66.7 Å². The average molecular weight is 385 g/mol. The molecule has 0 rings (SSSR count). The van der Waals surface area contributed by atoms with Gasteiger partial charge in [-0.2, -0.15) is 0 Å². The number of hydrogen-bond donors (Lipinski definition) is 1. The Kier molecular flexibility index (Phi) is 20.5. The Bertz CT molecular complexity index is 243. The van der Waals surface area contributed by atoms with E-state index in [1.165, 1.54) is 0 Å². The summed E-state index contributed by atoms with van der Waals surface area (Å²) in [6.45, 7) is 13.0. The second-order valence-electron chi connectivity index (χ2n) is 5.01. The van der Waals surface area contributed by atoms with Crippen LogP contribution in [-0.2, 0) is 26.6 Å². The summed E-state index contributed by atoms with van der Waals surface area (Å²) in [5.74, 6) is 0. The first-order valence-corrected chi connectivity index (χ1v) is 11.8. The Balaban J connectivity index is 0. The molecule has 0 aliphatic rings. The minimum absolute atomic E-state index is 0.383. The quantitative estimate of drug-likeness (QED) is 0.435. The first kappa shape index (κ1) is 25.9. The predicted molar refractivity (Wildman–Crippen MR) is 95.6 cm³/mol.